The molecule has 2 N–H and O–H groups in total. The monoisotopic (exact) mass is 316 g/mol. The molecular weight excluding hydrogens is 292 g/mol. The lowest BCUT2D eigenvalue weighted by Crippen LogP contribution is -2.52. The molecule has 1 aromatic carbocycles. The number of aliphatic hydroxyl groups is 1. The van der Waals surface area contributed by atoms with E-state index in [0.717, 1.165) is 43.4 Å². The van der Waals surface area contributed by atoms with Crippen LogP contribution in [0.25, 0.3) is 0 Å². The van der Waals surface area contributed by atoms with Crippen molar-refractivity contribution in [3.63, 3.8) is 0 Å². The first-order valence-electron chi connectivity index (χ1n) is 8.67. The fourth-order valence-electron chi connectivity index (χ4n) is 3.80. The highest BCUT2D eigenvalue weighted by atomic mass is 16.5. The second-order valence-electron chi connectivity index (χ2n) is 7.03. The lowest BCUT2D eigenvalue weighted by atomic mass is 9.73. The van der Waals surface area contributed by atoms with Crippen molar-refractivity contribution in [2.45, 2.75) is 56.2 Å². The van der Waals surface area contributed by atoms with E-state index >= 15 is 0 Å². The Bertz CT molecular complexity index is 596. The van der Waals surface area contributed by atoms with Gasteiger partial charge in [0, 0.05) is 24.6 Å². The number of rotatable bonds is 4. The molecule has 1 atom stereocenters. The van der Waals surface area contributed by atoms with Gasteiger partial charge in [0.25, 0.3) is 0 Å². The number of ether oxygens (including phenoxy) is 1. The summed E-state index contributed by atoms with van der Waals surface area (Å²) in [6, 6.07) is 8.25. The molecule has 5 nitrogen and oxygen atoms in total. The van der Waals surface area contributed by atoms with E-state index in [9.17, 15) is 9.90 Å². The van der Waals surface area contributed by atoms with Crippen molar-refractivity contribution in [3.05, 3.63) is 29.8 Å². The maximum absolute atomic E-state index is 12.7. The summed E-state index contributed by atoms with van der Waals surface area (Å²) in [7, 11) is 0. The summed E-state index contributed by atoms with van der Waals surface area (Å²) in [5.41, 5.74) is 0.978. The molecule has 1 spiro atoms. The summed E-state index contributed by atoms with van der Waals surface area (Å²) in [5.74, 6) is 0.906. The van der Waals surface area contributed by atoms with Crippen LogP contribution in [0, 0.1) is 0 Å². The van der Waals surface area contributed by atoms with Gasteiger partial charge in [-0.2, -0.15) is 0 Å². The Hall–Kier alpha value is -1.75. The maximum atomic E-state index is 12.7. The lowest BCUT2D eigenvalue weighted by Gasteiger charge is -2.48. The quantitative estimate of drug-likeness (QED) is 0.897. The fraction of sp³-hybridized carbons (Fsp3) is 0.611. The SMILES string of the molecule is O=C(N[C@H]1CC2(CCC2)Oc2ccccc21)N(CCO)C1CC1. The maximum Gasteiger partial charge on any atom is 0.318 e. The number of benzene rings is 1. The van der Waals surface area contributed by atoms with E-state index in [0.29, 0.717) is 12.6 Å². The smallest absolute Gasteiger partial charge is 0.318 e. The third-order valence-electron chi connectivity index (χ3n) is 5.35. The third-order valence-corrected chi connectivity index (χ3v) is 5.35. The number of hydrogen-bond acceptors (Lipinski definition) is 3. The van der Waals surface area contributed by atoms with Crippen LogP contribution < -0.4 is 10.1 Å². The molecule has 124 valence electrons. The molecule has 2 amide bonds. The van der Waals surface area contributed by atoms with E-state index in [1.165, 1.54) is 6.42 Å². The largest absolute Gasteiger partial charge is 0.487 e. The number of nitrogens with zero attached hydrogens (tertiary/aromatic N) is 1. The molecule has 2 saturated carbocycles. The van der Waals surface area contributed by atoms with Crippen molar-refractivity contribution in [1.82, 2.24) is 10.2 Å². The van der Waals surface area contributed by atoms with Gasteiger partial charge in [0.15, 0.2) is 0 Å². The molecule has 23 heavy (non-hydrogen) atoms. The second-order valence-corrected chi connectivity index (χ2v) is 7.03. The standard InChI is InChI=1S/C18H24N2O3/c21-11-10-20(13-6-7-13)17(22)19-15-12-18(8-3-9-18)23-16-5-2-1-4-14(15)16/h1-2,4-5,13,15,21H,3,6-12H2,(H,19,22)/t15-/m0/s1. The molecule has 1 aromatic rings. The first-order chi connectivity index (χ1) is 11.2. The number of carbonyl (C=O) groups is 1. The molecule has 5 heteroatoms. The van der Waals surface area contributed by atoms with Gasteiger partial charge in [-0.25, -0.2) is 4.79 Å². The number of hydrogen-bond donors (Lipinski definition) is 2. The third kappa shape index (κ3) is 2.78. The van der Waals surface area contributed by atoms with Crippen LogP contribution in [0.2, 0.25) is 0 Å². The van der Waals surface area contributed by atoms with Gasteiger partial charge in [-0.15, -0.1) is 0 Å². The summed E-state index contributed by atoms with van der Waals surface area (Å²) in [4.78, 5) is 14.5. The molecule has 0 radical (unpaired) electrons. The molecule has 1 aliphatic heterocycles. The predicted octanol–water partition coefficient (Wildman–Crippen LogP) is 2.60. The van der Waals surface area contributed by atoms with Crippen LogP contribution in [0.15, 0.2) is 24.3 Å². The van der Waals surface area contributed by atoms with Crippen molar-refractivity contribution in [2.24, 2.45) is 0 Å². The van der Waals surface area contributed by atoms with Gasteiger partial charge in [0.05, 0.1) is 12.6 Å². The molecule has 2 fully saturated rings. The average molecular weight is 316 g/mol. The van der Waals surface area contributed by atoms with Crippen molar-refractivity contribution < 1.29 is 14.6 Å². The van der Waals surface area contributed by atoms with E-state index in [2.05, 4.69) is 5.32 Å². The van der Waals surface area contributed by atoms with Crippen molar-refractivity contribution in [2.75, 3.05) is 13.2 Å². The van der Waals surface area contributed by atoms with E-state index in [1.807, 2.05) is 24.3 Å². The van der Waals surface area contributed by atoms with E-state index in [4.69, 9.17) is 4.74 Å². The molecular formula is C18H24N2O3. The van der Waals surface area contributed by atoms with Gasteiger partial charge >= 0.3 is 6.03 Å². The summed E-state index contributed by atoms with van der Waals surface area (Å²) < 4.78 is 6.23. The molecule has 0 bridgehead atoms. The van der Waals surface area contributed by atoms with Crippen LogP contribution in [0.1, 0.15) is 50.1 Å². The Morgan fingerprint density at radius 2 is 2.13 bits per heavy atom. The Kier molecular flexibility index (Phi) is 3.68. The van der Waals surface area contributed by atoms with Crippen LogP contribution in [-0.4, -0.2) is 40.8 Å². The zero-order valence-electron chi connectivity index (χ0n) is 13.3. The summed E-state index contributed by atoms with van der Waals surface area (Å²) >= 11 is 0. The van der Waals surface area contributed by atoms with Crippen LogP contribution in [0.4, 0.5) is 4.79 Å². The Labute approximate surface area is 136 Å². The molecule has 0 saturated heterocycles. The van der Waals surface area contributed by atoms with E-state index in [1.54, 1.807) is 4.90 Å². The Balaban J connectivity index is 1.54. The summed E-state index contributed by atoms with van der Waals surface area (Å²) in [6.07, 6.45) is 6.26. The van der Waals surface area contributed by atoms with E-state index < -0.39 is 0 Å². The van der Waals surface area contributed by atoms with Crippen LogP contribution >= 0.6 is 0 Å². The minimum Gasteiger partial charge on any atom is -0.487 e. The summed E-state index contributed by atoms with van der Waals surface area (Å²) in [6.45, 7) is 0.421. The number of amides is 2. The number of para-hydroxylation sites is 1. The molecule has 0 aromatic heterocycles. The Morgan fingerprint density at radius 3 is 2.78 bits per heavy atom. The first kappa shape index (κ1) is 14.8. The highest BCUT2D eigenvalue weighted by Crippen LogP contribution is 2.48. The molecule has 1 heterocycles. The van der Waals surface area contributed by atoms with Gasteiger partial charge in [-0.3, -0.25) is 0 Å². The topological polar surface area (TPSA) is 61.8 Å². The number of carbonyl (C=O) groups excluding carboxylic acids is 1. The van der Waals surface area contributed by atoms with Crippen LogP contribution in [-0.2, 0) is 0 Å². The molecule has 4 rings (SSSR count). The van der Waals surface area contributed by atoms with Gasteiger partial charge < -0.3 is 20.1 Å². The average Bonchev–Trinajstić information content (AvgIpc) is 3.35. The first-order valence-corrected chi connectivity index (χ1v) is 8.67. The molecule has 0 unspecified atom stereocenters. The van der Waals surface area contributed by atoms with Gasteiger partial charge in [0.2, 0.25) is 0 Å². The number of aliphatic hydroxyl groups excluding tert-OH is 1. The number of fused-ring (bicyclic) bond motifs is 1. The van der Waals surface area contributed by atoms with Crippen molar-refractivity contribution in [1.29, 1.82) is 0 Å². The van der Waals surface area contributed by atoms with Crippen LogP contribution in [0.3, 0.4) is 0 Å². The van der Waals surface area contributed by atoms with Gasteiger partial charge in [-0.05, 0) is 38.2 Å². The zero-order chi connectivity index (χ0) is 15.9. The number of urea groups is 1. The number of nitrogens with one attached hydrogen (secondary N) is 1. The normalized spacial score (nSPS) is 24.3. The minimum atomic E-state index is -0.0896. The van der Waals surface area contributed by atoms with E-state index in [-0.39, 0.29) is 24.3 Å². The van der Waals surface area contributed by atoms with Crippen molar-refractivity contribution >= 4 is 6.03 Å². The summed E-state index contributed by atoms with van der Waals surface area (Å²) in [5, 5.41) is 12.4. The fourth-order valence-corrected chi connectivity index (χ4v) is 3.80. The van der Waals surface area contributed by atoms with Gasteiger partial charge in [0.1, 0.15) is 11.4 Å². The molecule has 3 aliphatic rings. The zero-order valence-corrected chi connectivity index (χ0v) is 13.3. The predicted molar refractivity (Wildman–Crippen MR) is 86.4 cm³/mol. The lowest BCUT2D eigenvalue weighted by molar-refractivity contribution is -0.0360. The molecule has 2 aliphatic carbocycles. The highest BCUT2D eigenvalue weighted by molar-refractivity contribution is 5.75. The highest BCUT2D eigenvalue weighted by Gasteiger charge is 2.46. The minimum absolute atomic E-state index is 0.00677. The second kappa shape index (κ2) is 5.71. The van der Waals surface area contributed by atoms with Crippen molar-refractivity contribution in [3.8, 4) is 5.75 Å². The Morgan fingerprint density at radius 1 is 1.35 bits per heavy atom. The van der Waals surface area contributed by atoms with Gasteiger partial charge in [-0.1, -0.05) is 18.2 Å². The van der Waals surface area contributed by atoms with Crippen LogP contribution in [0.5, 0.6) is 5.75 Å².